The van der Waals surface area contributed by atoms with Gasteiger partial charge in [-0.05, 0) is 363 Å². The average molecular weight is 1890 g/mol. The van der Waals surface area contributed by atoms with Crippen molar-refractivity contribution in [3.63, 3.8) is 0 Å². The van der Waals surface area contributed by atoms with Crippen molar-refractivity contribution >= 4 is 151 Å². The second kappa shape index (κ2) is 36.7. The second-order valence-corrected chi connectivity index (χ2v) is 36.5. The van der Waals surface area contributed by atoms with Gasteiger partial charge in [-0.2, -0.15) is 0 Å². The van der Waals surface area contributed by atoms with Gasteiger partial charge in [-0.15, -0.1) is 0 Å². The number of hydrogen-bond donors (Lipinski definition) is 0. The number of aryl methyl sites for hydroxylation is 2. The van der Waals surface area contributed by atoms with Gasteiger partial charge in [-0.25, -0.2) is 44.9 Å². The third kappa shape index (κ3) is 17.4. The summed E-state index contributed by atoms with van der Waals surface area (Å²) in [7, 11) is 0. The first-order valence-corrected chi connectivity index (χ1v) is 47.8. The molecule has 21 heteroatoms. The van der Waals surface area contributed by atoms with Crippen molar-refractivity contribution in [3.05, 3.63) is 435 Å². The molecular weight excluding hydrogens is 1800 g/mol. The molecule has 0 bridgehead atoms. The summed E-state index contributed by atoms with van der Waals surface area (Å²) in [6.45, 7) is 10.8. The van der Waals surface area contributed by atoms with Crippen molar-refractivity contribution in [1.29, 1.82) is 0 Å². The highest BCUT2D eigenvalue weighted by atomic mass is 16.4. The maximum Gasteiger partial charge on any atom is 0.227 e. The normalized spacial score (nSPS) is 11.6. The maximum absolute atomic E-state index is 6.26. The number of nitrogens with zero attached hydrogens (tertiary/aromatic N) is 12. The number of aromatic nitrogens is 9. The predicted molar refractivity (Wildman–Crippen MR) is 573 cm³/mol. The molecule has 0 aliphatic carbocycles. The van der Waals surface area contributed by atoms with Gasteiger partial charge in [0.1, 0.15) is 49.7 Å². The van der Waals surface area contributed by atoms with Gasteiger partial charge in [0, 0.05) is 101 Å². The van der Waals surface area contributed by atoms with Gasteiger partial charge in [0.25, 0.3) is 0 Å². The zero-order valence-corrected chi connectivity index (χ0v) is 79.1. The van der Waals surface area contributed by atoms with Gasteiger partial charge in [0.05, 0.1) is 0 Å². The van der Waals surface area contributed by atoms with Gasteiger partial charge in [0.15, 0.2) is 50.2 Å². The summed E-state index contributed by atoms with van der Waals surface area (Å²) < 4.78 is 54.7. The Balaban J connectivity index is 0.000000114. The molecule has 0 fully saturated rings. The number of para-hydroxylation sites is 12. The Labute approximate surface area is 830 Å². The van der Waals surface area contributed by atoms with Crippen LogP contribution in [0.3, 0.4) is 0 Å². The summed E-state index contributed by atoms with van der Waals surface area (Å²) in [6, 6.07) is 139. The van der Waals surface area contributed by atoms with E-state index in [0.29, 0.717) is 53.0 Å². The van der Waals surface area contributed by atoms with E-state index in [-0.39, 0.29) is 5.41 Å². The first kappa shape index (κ1) is 87.1. The largest absolute Gasteiger partial charge is 0.436 e. The Morgan fingerprint density at radius 2 is 0.379 bits per heavy atom. The molecule has 0 N–H and O–H groups in total. The van der Waals surface area contributed by atoms with Crippen LogP contribution in [0.5, 0.6) is 0 Å². The van der Waals surface area contributed by atoms with Gasteiger partial charge in [-0.1, -0.05) is 119 Å². The minimum absolute atomic E-state index is 0.0216. The molecule has 0 saturated carbocycles. The fourth-order valence-corrected chi connectivity index (χ4v) is 18.1. The lowest BCUT2D eigenvalue weighted by Gasteiger charge is -2.26. The molecule has 9 heterocycles. The highest BCUT2D eigenvalue weighted by Gasteiger charge is 2.25. The molecule has 0 amide bonds. The quantitative estimate of drug-likeness (QED) is 0.0730. The topological polar surface area (TPSA) is 244 Å². The summed E-state index contributed by atoms with van der Waals surface area (Å²) in [5.41, 5.74) is 35.0. The number of hydrogen-bond acceptors (Lipinski definition) is 21. The summed E-state index contributed by atoms with van der Waals surface area (Å²) in [6.07, 6.45) is 0.953. The number of oxazole rings is 9. The summed E-state index contributed by atoms with van der Waals surface area (Å²) in [5, 5.41) is 0. The van der Waals surface area contributed by atoms with Crippen molar-refractivity contribution in [2.45, 2.75) is 46.5 Å². The molecule has 18 aromatic carbocycles. The molecule has 27 rings (SSSR count). The van der Waals surface area contributed by atoms with Crippen molar-refractivity contribution in [2.24, 2.45) is 0 Å². The molecule has 27 aromatic rings. The van der Waals surface area contributed by atoms with Crippen molar-refractivity contribution < 1.29 is 39.8 Å². The zero-order chi connectivity index (χ0) is 97.2. The molecular formula is C124H86N12O9. The number of rotatable bonds is 19. The van der Waals surface area contributed by atoms with Gasteiger partial charge >= 0.3 is 0 Å². The molecule has 0 saturated heterocycles. The number of benzene rings is 18. The molecule has 145 heavy (non-hydrogen) atoms. The minimum Gasteiger partial charge on any atom is -0.436 e. The third-order valence-electron chi connectivity index (χ3n) is 25.8. The van der Waals surface area contributed by atoms with Crippen molar-refractivity contribution in [1.82, 2.24) is 44.9 Å². The van der Waals surface area contributed by atoms with E-state index in [0.717, 1.165) is 213 Å². The smallest absolute Gasteiger partial charge is 0.227 e. The Kier molecular flexibility index (Phi) is 22.1. The lowest BCUT2D eigenvalue weighted by molar-refractivity contribution is 0.584. The fourth-order valence-electron chi connectivity index (χ4n) is 18.1. The molecule has 0 aliphatic heterocycles. The average Bonchev–Trinajstić information content (AvgIpc) is 1.77. The minimum atomic E-state index is 0.0216. The van der Waals surface area contributed by atoms with Crippen LogP contribution < -0.4 is 14.7 Å². The first-order chi connectivity index (χ1) is 71.2. The van der Waals surface area contributed by atoms with E-state index in [9.17, 15) is 0 Å². The summed E-state index contributed by atoms with van der Waals surface area (Å²) in [5.74, 6) is 5.31. The van der Waals surface area contributed by atoms with Gasteiger partial charge in [0.2, 0.25) is 53.0 Å². The predicted octanol–water partition coefficient (Wildman–Crippen LogP) is 33.9. The van der Waals surface area contributed by atoms with Crippen LogP contribution in [0.4, 0.5) is 51.2 Å². The molecule has 696 valence electrons. The molecule has 0 spiro atoms. The van der Waals surface area contributed by atoms with Crippen LogP contribution in [0.25, 0.3) is 203 Å². The van der Waals surface area contributed by atoms with Crippen LogP contribution in [-0.2, 0) is 11.8 Å². The lowest BCUT2D eigenvalue weighted by atomic mass is 9.87. The van der Waals surface area contributed by atoms with Crippen molar-refractivity contribution in [3.8, 4) is 103 Å². The molecule has 0 aliphatic rings. The lowest BCUT2D eigenvalue weighted by Crippen LogP contribution is -2.10. The Morgan fingerprint density at radius 3 is 0.600 bits per heavy atom. The highest BCUT2D eigenvalue weighted by Crippen LogP contribution is 2.45. The van der Waals surface area contributed by atoms with Crippen LogP contribution in [0.2, 0.25) is 0 Å². The van der Waals surface area contributed by atoms with E-state index >= 15 is 0 Å². The van der Waals surface area contributed by atoms with E-state index in [4.69, 9.17) is 54.7 Å². The summed E-state index contributed by atoms with van der Waals surface area (Å²) >= 11 is 0. The van der Waals surface area contributed by atoms with E-state index in [1.807, 2.05) is 280 Å². The molecule has 21 nitrogen and oxygen atoms in total. The zero-order valence-electron chi connectivity index (χ0n) is 79.1. The molecule has 0 unspecified atom stereocenters. The van der Waals surface area contributed by atoms with Crippen molar-refractivity contribution in [2.75, 3.05) is 14.7 Å². The maximum atomic E-state index is 6.26. The number of anilines is 9. The Bertz CT molecular complexity index is 8870. The summed E-state index contributed by atoms with van der Waals surface area (Å²) in [4.78, 5) is 49.0. The molecule has 9 aromatic heterocycles. The van der Waals surface area contributed by atoms with Crippen LogP contribution >= 0.6 is 0 Å². The Hall–Kier alpha value is -19.4. The fraction of sp³-hybridized carbons (Fsp3) is 0.0565. The van der Waals surface area contributed by atoms with E-state index < -0.39 is 0 Å². The Morgan fingerprint density at radius 1 is 0.186 bits per heavy atom. The first-order valence-electron chi connectivity index (χ1n) is 47.8. The second-order valence-electron chi connectivity index (χ2n) is 36.5. The SMILES string of the molecule is CC(C)(C)c1ccc2nc(-c3ccc(N(c4ccc(-c5nc6ccccc6o5)cc4)c4ccc(-c5nc6ccccc6o5)cc4)cc3)oc2c1.CCc1ccc2oc(-c3ccc(N(c4ccc(-c5nc6ccccc6o5)cc4)c4ccc(-c5nc6ccccc6o5)cc4)cc3)nc2c1.Cc1ccc2nc(-c3ccc(N(c4ccc(-c5nc6ccccc6o5)cc4)c4ccc(-c5nc6ccccc6o5)cc4)cc3)oc2c1. The molecule has 0 radical (unpaired) electrons. The highest BCUT2D eigenvalue weighted by molar-refractivity contribution is 5.90. The standard InChI is InChI=1S/C43H32N4O3.C41H28N4O3.C40H26N4O3/c1-43(2,3)30-18-25-36-39(26-30)50-42(46-36)29-16-23-33(24-17-29)47(31-19-12-27(13-20-31)40-44-34-8-4-6-10-37(34)48-40)32-21-14-28(15-22-32)41-45-35-9-5-7-11-38(35)49-41;1-2-26-11-24-38-35(25-26)44-41(48-38)29-16-22-32(23-17-29)45(30-18-12-27(13-19-30)39-42-33-7-3-5-9-36(33)46-39)31-20-14-28(15-21-31)40-43-34-8-4-6-10-37(34)47-40;1-25-10-23-34-37(24-25)47-40(43-34)28-15-21-31(22-16-28)44(29-17-11-26(12-18-29)38-41-32-6-2-4-8-35(32)45-38)30-19-13-27(14-20-30)39-42-33-7-3-5-9-36(33)46-39/h4-26H,1-3H3;3-25H,2H2,1H3;2-24H,1H3. The monoisotopic (exact) mass is 1890 g/mol. The van der Waals surface area contributed by atoms with E-state index in [2.05, 4.69) is 218 Å². The third-order valence-corrected chi connectivity index (χ3v) is 25.8. The van der Waals surface area contributed by atoms with Crippen LogP contribution in [0, 0.1) is 6.92 Å². The van der Waals surface area contributed by atoms with Gasteiger partial charge in [-0.3, -0.25) is 0 Å². The van der Waals surface area contributed by atoms with Crippen LogP contribution in [0.1, 0.15) is 44.4 Å². The van der Waals surface area contributed by atoms with Crippen LogP contribution in [0.15, 0.2) is 458 Å². The number of fused-ring (bicyclic) bond motifs is 9. The van der Waals surface area contributed by atoms with Gasteiger partial charge < -0.3 is 54.5 Å². The van der Waals surface area contributed by atoms with E-state index in [1.165, 1.54) is 11.1 Å². The van der Waals surface area contributed by atoms with E-state index in [1.54, 1.807) is 0 Å². The molecule has 0 atom stereocenters. The van der Waals surface area contributed by atoms with Crippen LogP contribution in [-0.4, -0.2) is 44.9 Å².